The largest absolute Gasteiger partial charge is 0.493 e. The SMILES string of the molecule is COc1cccc(CNC(C)CC(F)(F)F)c1OC. The number of halogens is 3. The second kappa shape index (κ2) is 6.65. The molecule has 0 aliphatic heterocycles. The molecule has 0 heterocycles. The molecule has 0 aliphatic rings. The summed E-state index contributed by atoms with van der Waals surface area (Å²) in [6.07, 6.45) is -5.02. The number of hydrogen-bond acceptors (Lipinski definition) is 3. The molecular formula is C13H18F3NO2. The molecule has 1 unspecified atom stereocenters. The van der Waals surface area contributed by atoms with Crippen LogP contribution in [0.5, 0.6) is 11.5 Å². The normalized spacial score (nSPS) is 13.2. The first kappa shape index (κ1) is 15.6. The lowest BCUT2D eigenvalue weighted by Crippen LogP contribution is -2.30. The molecule has 0 aliphatic carbocycles. The number of methoxy groups -OCH3 is 2. The van der Waals surface area contributed by atoms with E-state index in [2.05, 4.69) is 5.32 Å². The van der Waals surface area contributed by atoms with Gasteiger partial charge in [0.05, 0.1) is 20.6 Å². The zero-order valence-corrected chi connectivity index (χ0v) is 11.2. The Kier molecular flexibility index (Phi) is 5.47. The third-order valence-electron chi connectivity index (χ3n) is 2.66. The van der Waals surface area contributed by atoms with Gasteiger partial charge in [-0.15, -0.1) is 0 Å². The smallest absolute Gasteiger partial charge is 0.390 e. The van der Waals surface area contributed by atoms with Gasteiger partial charge in [0.1, 0.15) is 0 Å². The van der Waals surface area contributed by atoms with Crippen LogP contribution in [0.4, 0.5) is 13.2 Å². The molecule has 6 heteroatoms. The van der Waals surface area contributed by atoms with Crippen molar-refractivity contribution in [1.29, 1.82) is 0 Å². The first-order valence-electron chi connectivity index (χ1n) is 5.87. The summed E-state index contributed by atoms with van der Waals surface area (Å²) >= 11 is 0. The van der Waals surface area contributed by atoms with Gasteiger partial charge in [-0.1, -0.05) is 12.1 Å². The summed E-state index contributed by atoms with van der Waals surface area (Å²) in [5, 5.41) is 2.83. The Hall–Kier alpha value is -1.43. The Morgan fingerprint density at radius 1 is 1.21 bits per heavy atom. The van der Waals surface area contributed by atoms with Gasteiger partial charge in [-0.3, -0.25) is 0 Å². The van der Waals surface area contributed by atoms with Gasteiger partial charge in [0.25, 0.3) is 0 Å². The van der Waals surface area contributed by atoms with Crippen LogP contribution in [0.25, 0.3) is 0 Å². The second-order valence-electron chi connectivity index (χ2n) is 4.25. The van der Waals surface area contributed by atoms with Gasteiger partial charge in [0.2, 0.25) is 0 Å². The van der Waals surface area contributed by atoms with E-state index in [0.29, 0.717) is 11.5 Å². The Labute approximate surface area is 110 Å². The first-order valence-corrected chi connectivity index (χ1v) is 5.87. The van der Waals surface area contributed by atoms with Crippen molar-refractivity contribution in [3.8, 4) is 11.5 Å². The van der Waals surface area contributed by atoms with Crippen LogP contribution in [0, 0.1) is 0 Å². The van der Waals surface area contributed by atoms with Crippen LogP contribution in [-0.4, -0.2) is 26.4 Å². The molecule has 1 atom stereocenters. The molecule has 0 amide bonds. The number of ether oxygens (including phenoxy) is 2. The van der Waals surface area contributed by atoms with Crippen molar-refractivity contribution in [2.75, 3.05) is 14.2 Å². The number of nitrogens with one attached hydrogen (secondary N) is 1. The molecule has 19 heavy (non-hydrogen) atoms. The van der Waals surface area contributed by atoms with Gasteiger partial charge >= 0.3 is 6.18 Å². The van der Waals surface area contributed by atoms with E-state index < -0.39 is 18.6 Å². The van der Waals surface area contributed by atoms with Crippen LogP contribution in [0.2, 0.25) is 0 Å². The highest BCUT2D eigenvalue weighted by Gasteiger charge is 2.29. The molecule has 1 N–H and O–H groups in total. The van der Waals surface area contributed by atoms with Gasteiger partial charge < -0.3 is 14.8 Å². The molecule has 1 rings (SSSR count). The third kappa shape index (κ3) is 4.98. The average molecular weight is 277 g/mol. The topological polar surface area (TPSA) is 30.5 Å². The summed E-state index contributed by atoms with van der Waals surface area (Å²) in [6, 6.07) is 4.64. The Bertz CT molecular complexity index is 407. The van der Waals surface area contributed by atoms with E-state index in [4.69, 9.17) is 9.47 Å². The zero-order chi connectivity index (χ0) is 14.5. The second-order valence-corrected chi connectivity index (χ2v) is 4.25. The summed E-state index contributed by atoms with van der Waals surface area (Å²) < 4.78 is 47.0. The highest BCUT2D eigenvalue weighted by molar-refractivity contribution is 5.46. The van der Waals surface area contributed by atoms with Crippen LogP contribution in [-0.2, 0) is 6.54 Å². The average Bonchev–Trinajstić information content (AvgIpc) is 2.33. The predicted octanol–water partition coefficient (Wildman–Crippen LogP) is 3.13. The standard InChI is InChI=1S/C13H18F3NO2/c1-9(7-13(14,15)16)17-8-10-5-4-6-11(18-2)12(10)19-3/h4-6,9,17H,7-8H2,1-3H3. The molecule has 0 saturated heterocycles. The van der Waals surface area contributed by atoms with Crippen molar-refractivity contribution in [3.63, 3.8) is 0 Å². The van der Waals surface area contributed by atoms with Crippen molar-refractivity contribution in [2.45, 2.75) is 32.1 Å². The van der Waals surface area contributed by atoms with E-state index in [0.717, 1.165) is 5.56 Å². The van der Waals surface area contributed by atoms with Crippen LogP contribution in [0.3, 0.4) is 0 Å². The third-order valence-corrected chi connectivity index (χ3v) is 2.66. The van der Waals surface area contributed by atoms with Crippen molar-refractivity contribution in [2.24, 2.45) is 0 Å². The predicted molar refractivity (Wildman–Crippen MR) is 66.5 cm³/mol. The van der Waals surface area contributed by atoms with Crippen LogP contribution in [0.1, 0.15) is 18.9 Å². The number of rotatable bonds is 6. The van der Waals surface area contributed by atoms with Gasteiger partial charge in [-0.2, -0.15) is 13.2 Å². The number of benzene rings is 1. The summed E-state index contributed by atoms with van der Waals surface area (Å²) in [5.74, 6) is 1.10. The molecule has 3 nitrogen and oxygen atoms in total. The molecule has 0 spiro atoms. The van der Waals surface area contributed by atoms with Crippen molar-refractivity contribution in [1.82, 2.24) is 5.32 Å². The molecule has 1 aromatic rings. The maximum atomic E-state index is 12.2. The number of hydrogen-bond donors (Lipinski definition) is 1. The fraction of sp³-hybridized carbons (Fsp3) is 0.538. The minimum absolute atomic E-state index is 0.289. The van der Waals surface area contributed by atoms with Gasteiger partial charge in [-0.25, -0.2) is 0 Å². The number of alkyl halides is 3. The Morgan fingerprint density at radius 3 is 2.42 bits per heavy atom. The Balaban J connectivity index is 2.67. The van der Waals surface area contributed by atoms with Crippen LogP contribution in [0.15, 0.2) is 18.2 Å². The zero-order valence-electron chi connectivity index (χ0n) is 11.2. The van der Waals surface area contributed by atoms with Gasteiger partial charge in [0, 0.05) is 18.2 Å². The summed E-state index contributed by atoms with van der Waals surface area (Å²) in [6.45, 7) is 1.79. The molecule has 0 fully saturated rings. The van der Waals surface area contributed by atoms with Gasteiger partial charge in [-0.05, 0) is 13.0 Å². The molecule has 108 valence electrons. The van der Waals surface area contributed by atoms with E-state index in [1.54, 1.807) is 18.2 Å². The van der Waals surface area contributed by atoms with Crippen LogP contribution >= 0.6 is 0 Å². The van der Waals surface area contributed by atoms with E-state index in [-0.39, 0.29) is 6.54 Å². The Morgan fingerprint density at radius 2 is 1.89 bits per heavy atom. The molecule has 0 saturated carbocycles. The quantitative estimate of drug-likeness (QED) is 0.866. The summed E-state index contributed by atoms with van der Waals surface area (Å²) in [4.78, 5) is 0. The maximum Gasteiger partial charge on any atom is 0.390 e. The van der Waals surface area contributed by atoms with Gasteiger partial charge in [0.15, 0.2) is 11.5 Å². The molecule has 0 aromatic heterocycles. The molecule has 1 aromatic carbocycles. The summed E-state index contributed by atoms with van der Waals surface area (Å²) in [7, 11) is 3.02. The van der Waals surface area contributed by atoms with E-state index in [1.165, 1.54) is 21.1 Å². The van der Waals surface area contributed by atoms with Crippen molar-refractivity contribution < 1.29 is 22.6 Å². The minimum atomic E-state index is -4.16. The highest BCUT2D eigenvalue weighted by Crippen LogP contribution is 2.30. The van der Waals surface area contributed by atoms with E-state index >= 15 is 0 Å². The summed E-state index contributed by atoms with van der Waals surface area (Å²) in [5.41, 5.74) is 0.760. The first-order chi connectivity index (χ1) is 8.87. The van der Waals surface area contributed by atoms with Crippen molar-refractivity contribution >= 4 is 0 Å². The highest BCUT2D eigenvalue weighted by atomic mass is 19.4. The number of para-hydroxylation sites is 1. The molecule has 0 bridgehead atoms. The fourth-order valence-electron chi connectivity index (χ4n) is 1.80. The lowest BCUT2D eigenvalue weighted by molar-refractivity contribution is -0.139. The molecule has 0 radical (unpaired) electrons. The fourth-order valence-corrected chi connectivity index (χ4v) is 1.80. The lowest BCUT2D eigenvalue weighted by atomic mass is 10.1. The lowest BCUT2D eigenvalue weighted by Gasteiger charge is -2.17. The van der Waals surface area contributed by atoms with Crippen LogP contribution < -0.4 is 14.8 Å². The molecular weight excluding hydrogens is 259 g/mol. The van der Waals surface area contributed by atoms with E-state index in [1.807, 2.05) is 0 Å². The van der Waals surface area contributed by atoms with E-state index in [9.17, 15) is 13.2 Å². The maximum absolute atomic E-state index is 12.2. The minimum Gasteiger partial charge on any atom is -0.493 e. The monoisotopic (exact) mass is 277 g/mol. The van der Waals surface area contributed by atoms with Crippen molar-refractivity contribution in [3.05, 3.63) is 23.8 Å².